The molecule has 0 saturated heterocycles. The van der Waals surface area contributed by atoms with Crippen LogP contribution in [0.4, 0.5) is 0 Å². The summed E-state index contributed by atoms with van der Waals surface area (Å²) in [6, 6.07) is 0. The van der Waals surface area contributed by atoms with E-state index >= 15 is 0 Å². The summed E-state index contributed by atoms with van der Waals surface area (Å²) in [6.07, 6.45) is 2.60. The van der Waals surface area contributed by atoms with Crippen LogP contribution in [0.3, 0.4) is 0 Å². The Labute approximate surface area is 102 Å². The van der Waals surface area contributed by atoms with Crippen LogP contribution >= 0.6 is 0 Å². The van der Waals surface area contributed by atoms with Crippen molar-refractivity contribution in [3.63, 3.8) is 0 Å². The van der Waals surface area contributed by atoms with Gasteiger partial charge in [0.05, 0.1) is 0 Å². The van der Waals surface area contributed by atoms with Crippen molar-refractivity contribution in [2.75, 3.05) is 0 Å². The third-order valence-electron chi connectivity index (χ3n) is 1.05. The Morgan fingerprint density at radius 3 is 1.19 bits per heavy atom. The van der Waals surface area contributed by atoms with Crippen LogP contribution < -0.4 is 0 Å². The van der Waals surface area contributed by atoms with Crippen molar-refractivity contribution < 1.29 is 45.9 Å². The second kappa shape index (κ2) is 7.76. The van der Waals surface area contributed by atoms with Crippen LogP contribution in [0.15, 0.2) is 38.0 Å². The van der Waals surface area contributed by atoms with Crippen LogP contribution in [0.25, 0.3) is 0 Å². The van der Waals surface area contributed by atoms with E-state index in [2.05, 4.69) is 28.2 Å². The van der Waals surface area contributed by atoms with Gasteiger partial charge < -0.3 is 0 Å². The first-order chi connectivity index (χ1) is 7.53. The zero-order valence-corrected chi connectivity index (χ0v) is 10.8. The van der Waals surface area contributed by atoms with Crippen molar-refractivity contribution >= 4 is 17.9 Å². The summed E-state index contributed by atoms with van der Waals surface area (Å²) < 4.78 is 13.8. The fraction of sp³-hybridized carbons (Fsp3) is 0. The summed E-state index contributed by atoms with van der Waals surface area (Å²) >= 11 is -3.82. The number of rotatable bonds is 6. The van der Waals surface area contributed by atoms with Crippen LogP contribution in [-0.4, -0.2) is 17.9 Å². The van der Waals surface area contributed by atoms with Crippen LogP contribution in [0.2, 0.25) is 0 Å². The average Bonchev–Trinajstić information content (AvgIpc) is 2.28. The van der Waals surface area contributed by atoms with Gasteiger partial charge in [0.1, 0.15) is 0 Å². The molecule has 16 heavy (non-hydrogen) atoms. The Hall–Kier alpha value is -1.49. The number of carbonyl (C=O) groups is 3. The van der Waals surface area contributed by atoms with Crippen molar-refractivity contribution in [1.29, 1.82) is 0 Å². The summed E-state index contributed by atoms with van der Waals surface area (Å²) in [5, 5.41) is 0. The molecule has 0 rings (SSSR count). The third kappa shape index (κ3) is 6.08. The molecular formula is C9H9O6Zr. The standard InChI is InChI=1S/3C3H4O2.Zr/c3*1-2-3(4)5;/h3*2H,1H2,(H,4,5);/q;;;+3/p-3. The van der Waals surface area contributed by atoms with E-state index in [9.17, 15) is 14.4 Å². The summed E-state index contributed by atoms with van der Waals surface area (Å²) in [6.45, 7) is 9.44. The molecule has 0 aromatic carbocycles. The van der Waals surface area contributed by atoms with Gasteiger partial charge in [-0.05, 0) is 0 Å². The Bertz CT molecular complexity index is 283. The van der Waals surface area contributed by atoms with Crippen molar-refractivity contribution in [2.24, 2.45) is 0 Å². The van der Waals surface area contributed by atoms with E-state index in [1.807, 2.05) is 0 Å². The van der Waals surface area contributed by atoms with E-state index in [1.54, 1.807) is 0 Å². The first kappa shape index (κ1) is 14.5. The van der Waals surface area contributed by atoms with Gasteiger partial charge in [-0.3, -0.25) is 0 Å². The van der Waals surface area contributed by atoms with Gasteiger partial charge >= 0.3 is 102 Å². The normalized spacial score (nSPS) is 8.25. The van der Waals surface area contributed by atoms with E-state index in [0.29, 0.717) is 0 Å². The Morgan fingerprint density at radius 1 is 0.750 bits per heavy atom. The van der Waals surface area contributed by atoms with Crippen molar-refractivity contribution in [3.8, 4) is 0 Å². The summed E-state index contributed by atoms with van der Waals surface area (Å²) in [7, 11) is 0. The molecule has 6 nitrogen and oxygen atoms in total. The van der Waals surface area contributed by atoms with Gasteiger partial charge in [-0.1, -0.05) is 0 Å². The molecule has 0 amide bonds. The first-order valence-corrected chi connectivity index (χ1v) is 6.94. The van der Waals surface area contributed by atoms with E-state index in [0.717, 1.165) is 18.2 Å². The van der Waals surface area contributed by atoms with Gasteiger partial charge in [-0.15, -0.1) is 0 Å². The fourth-order valence-electron chi connectivity index (χ4n) is 0.434. The molecule has 0 aliphatic rings. The van der Waals surface area contributed by atoms with Gasteiger partial charge in [0.2, 0.25) is 0 Å². The van der Waals surface area contributed by atoms with Crippen LogP contribution in [0.1, 0.15) is 0 Å². The van der Waals surface area contributed by atoms with E-state index in [-0.39, 0.29) is 0 Å². The predicted molar refractivity (Wildman–Crippen MR) is 48.9 cm³/mol. The van der Waals surface area contributed by atoms with Crippen LogP contribution in [0, 0.1) is 0 Å². The van der Waals surface area contributed by atoms with Crippen molar-refractivity contribution in [2.45, 2.75) is 0 Å². The van der Waals surface area contributed by atoms with Gasteiger partial charge in [0.15, 0.2) is 0 Å². The fourth-order valence-corrected chi connectivity index (χ4v) is 2.57. The Balaban J connectivity index is 4.48. The quantitative estimate of drug-likeness (QED) is 0.666. The molecule has 0 atom stereocenters. The summed E-state index contributed by atoms with van der Waals surface area (Å²) in [5.74, 6) is -2.49. The molecule has 0 aliphatic heterocycles. The summed E-state index contributed by atoms with van der Waals surface area (Å²) in [4.78, 5) is 32.5. The average molecular weight is 304 g/mol. The molecule has 0 unspecified atom stereocenters. The second-order valence-electron chi connectivity index (χ2n) is 2.13. The topological polar surface area (TPSA) is 78.9 Å². The zero-order chi connectivity index (χ0) is 12.6. The first-order valence-electron chi connectivity index (χ1n) is 3.93. The summed E-state index contributed by atoms with van der Waals surface area (Å²) in [5.41, 5.74) is 0. The molecule has 0 radical (unpaired) electrons. The minimum absolute atomic E-state index is 0.830. The van der Waals surface area contributed by atoms with E-state index in [1.165, 1.54) is 0 Å². The second-order valence-corrected chi connectivity index (χ2v) is 4.86. The number of hydrogen-bond acceptors (Lipinski definition) is 6. The molecule has 0 heterocycles. The third-order valence-corrected chi connectivity index (χ3v) is 3.76. The monoisotopic (exact) mass is 303 g/mol. The van der Waals surface area contributed by atoms with E-state index in [4.69, 9.17) is 0 Å². The predicted octanol–water partition coefficient (Wildman–Crippen LogP) is 0.537. The molecule has 0 bridgehead atoms. The molecule has 0 saturated carbocycles. The van der Waals surface area contributed by atoms with Crippen LogP contribution in [0.5, 0.6) is 0 Å². The molecule has 0 aromatic rings. The van der Waals surface area contributed by atoms with Gasteiger partial charge in [0.25, 0.3) is 0 Å². The minimum atomic E-state index is -3.82. The molecule has 85 valence electrons. The van der Waals surface area contributed by atoms with Crippen molar-refractivity contribution in [1.82, 2.24) is 0 Å². The number of carbonyl (C=O) groups excluding carboxylic acids is 3. The van der Waals surface area contributed by atoms with Gasteiger partial charge in [-0.25, -0.2) is 0 Å². The molecule has 0 aromatic heterocycles. The molecular weight excluding hydrogens is 295 g/mol. The Morgan fingerprint density at radius 2 is 1.00 bits per heavy atom. The maximum atomic E-state index is 10.8. The molecule has 0 spiro atoms. The van der Waals surface area contributed by atoms with Gasteiger partial charge in [-0.2, -0.15) is 0 Å². The SMILES string of the molecule is C=CC(=O)[O][Zr]([O]C(=O)C=C)[O]C(=O)C=C. The maximum absolute atomic E-state index is 10.8. The molecule has 0 fully saturated rings. The molecule has 0 aliphatic carbocycles. The van der Waals surface area contributed by atoms with Crippen molar-refractivity contribution in [3.05, 3.63) is 38.0 Å². The Kier molecular flexibility index (Phi) is 7.04. The van der Waals surface area contributed by atoms with Gasteiger partial charge in [0, 0.05) is 0 Å². The number of hydrogen-bond donors (Lipinski definition) is 0. The van der Waals surface area contributed by atoms with Crippen LogP contribution in [-0.2, 0) is 45.9 Å². The molecule has 7 heteroatoms. The molecule has 0 N–H and O–H groups in total. The van der Waals surface area contributed by atoms with E-state index < -0.39 is 41.0 Å². The zero-order valence-electron chi connectivity index (χ0n) is 8.30.